The van der Waals surface area contributed by atoms with Gasteiger partial charge in [-0.25, -0.2) is 27.9 Å². The molecular formula is C33H35ClF7N9O3. The standard InChI is InChI=1S/C33H35ClF7N9O3/c1-18(33(39,40)41)47-31(52)53-16-25(21-9-10-23(34)24(13-21)50-27(26(35)36)44-17-46-50)49(30(42)43-12-11-32(2,3)4)28(51)20-7-5-19(6-8-20)22-14-45-48(15-22)29(37)38/h5-10,13-15,17-18,25-26,29H,11-12,16H2,1-4H3,(H2,42,43)(H,47,52)/t18-,25+/m0/s1. The van der Waals surface area contributed by atoms with E-state index in [4.69, 9.17) is 21.7 Å². The topological polar surface area (TPSA) is 143 Å². The predicted octanol–water partition coefficient (Wildman–Crippen LogP) is 7.94. The zero-order chi connectivity index (χ0) is 39.2. The number of ether oxygens (including phenoxy) is 1. The van der Waals surface area contributed by atoms with Crippen LogP contribution in [0.15, 0.2) is 61.2 Å². The maximum atomic E-state index is 14.4. The molecule has 4 rings (SSSR count). The molecule has 0 spiro atoms. The Morgan fingerprint density at radius 2 is 1.70 bits per heavy atom. The van der Waals surface area contributed by atoms with Crippen molar-refractivity contribution in [1.29, 1.82) is 5.41 Å². The minimum absolute atomic E-state index is 0.0389. The van der Waals surface area contributed by atoms with Crippen molar-refractivity contribution in [2.75, 3.05) is 13.2 Å². The number of alkyl halides is 7. The number of carbonyl (C=O) groups is 2. The maximum Gasteiger partial charge on any atom is 0.408 e. The van der Waals surface area contributed by atoms with Crippen molar-refractivity contribution < 1.29 is 45.1 Å². The summed E-state index contributed by atoms with van der Waals surface area (Å²) in [5, 5.41) is 20.9. The second-order valence-electron chi connectivity index (χ2n) is 12.9. The molecule has 0 unspecified atom stereocenters. The molecule has 53 heavy (non-hydrogen) atoms. The van der Waals surface area contributed by atoms with Gasteiger partial charge in [-0.1, -0.05) is 50.6 Å². The molecule has 20 heteroatoms. The van der Waals surface area contributed by atoms with E-state index in [0.29, 0.717) is 29.2 Å². The summed E-state index contributed by atoms with van der Waals surface area (Å²) in [5.74, 6) is -2.15. The van der Waals surface area contributed by atoms with Gasteiger partial charge in [0.05, 0.1) is 22.9 Å². The first-order chi connectivity index (χ1) is 24.8. The van der Waals surface area contributed by atoms with Crippen molar-refractivity contribution in [3.05, 3.63) is 83.2 Å². The predicted molar refractivity (Wildman–Crippen MR) is 179 cm³/mol. The van der Waals surface area contributed by atoms with Gasteiger partial charge in [-0.05, 0) is 54.2 Å². The van der Waals surface area contributed by atoms with Gasteiger partial charge >= 0.3 is 18.8 Å². The van der Waals surface area contributed by atoms with Gasteiger partial charge in [-0.3, -0.25) is 15.1 Å². The van der Waals surface area contributed by atoms with Crippen molar-refractivity contribution in [2.24, 2.45) is 5.41 Å². The molecule has 2 aromatic heterocycles. The lowest BCUT2D eigenvalue weighted by Gasteiger charge is -2.33. The fourth-order valence-electron chi connectivity index (χ4n) is 4.84. The lowest BCUT2D eigenvalue weighted by atomic mass is 9.92. The molecule has 0 aliphatic carbocycles. The van der Waals surface area contributed by atoms with E-state index in [2.05, 4.69) is 20.5 Å². The Morgan fingerprint density at radius 3 is 2.28 bits per heavy atom. The number of amides is 2. The Kier molecular flexibility index (Phi) is 12.7. The highest BCUT2D eigenvalue weighted by atomic mass is 35.5. The van der Waals surface area contributed by atoms with Crippen LogP contribution in [-0.2, 0) is 4.74 Å². The Labute approximate surface area is 303 Å². The van der Waals surface area contributed by atoms with Gasteiger partial charge in [0, 0.05) is 23.9 Å². The van der Waals surface area contributed by atoms with E-state index in [0.717, 1.165) is 22.1 Å². The van der Waals surface area contributed by atoms with Crippen molar-refractivity contribution in [1.82, 2.24) is 40.1 Å². The summed E-state index contributed by atoms with van der Waals surface area (Å²) in [4.78, 5) is 31.4. The Balaban J connectivity index is 1.80. The van der Waals surface area contributed by atoms with Crippen LogP contribution in [0.5, 0.6) is 0 Å². The fourth-order valence-corrected chi connectivity index (χ4v) is 5.03. The lowest BCUT2D eigenvalue weighted by molar-refractivity contribution is -0.150. The first-order valence-corrected chi connectivity index (χ1v) is 16.2. The SMILES string of the molecule is C[C@H](NC(=O)OC[C@H](c1ccc(Cl)c(-n2ncnc2C(F)F)c1)N(C(=N)NCCC(C)(C)C)C(=O)c1ccc(-c2cnn(C(F)F)c2)cc1)C(F)(F)F. The highest BCUT2D eigenvalue weighted by molar-refractivity contribution is 6.32. The van der Waals surface area contributed by atoms with Crippen molar-refractivity contribution in [3.8, 4) is 16.8 Å². The van der Waals surface area contributed by atoms with E-state index in [-0.39, 0.29) is 33.8 Å². The number of benzene rings is 2. The molecule has 3 N–H and O–H groups in total. The van der Waals surface area contributed by atoms with Crippen LogP contribution in [0.2, 0.25) is 5.02 Å². The van der Waals surface area contributed by atoms with E-state index >= 15 is 0 Å². The molecular weight excluding hydrogens is 739 g/mol. The second-order valence-corrected chi connectivity index (χ2v) is 13.3. The lowest BCUT2D eigenvalue weighted by Crippen LogP contribution is -2.49. The van der Waals surface area contributed by atoms with Gasteiger partial charge in [0.2, 0.25) is 0 Å². The average molecular weight is 774 g/mol. The number of hydrogen-bond acceptors (Lipinski definition) is 7. The number of hydrogen-bond donors (Lipinski definition) is 3. The Hall–Kier alpha value is -5.20. The Bertz CT molecular complexity index is 1890. The molecule has 0 radical (unpaired) electrons. The molecule has 0 aliphatic rings. The van der Waals surface area contributed by atoms with Crippen LogP contribution in [0.25, 0.3) is 16.8 Å². The molecule has 286 valence electrons. The molecule has 2 aromatic carbocycles. The first-order valence-electron chi connectivity index (χ1n) is 15.8. The number of halogens is 8. The van der Waals surface area contributed by atoms with E-state index < -0.39 is 61.6 Å². The van der Waals surface area contributed by atoms with Gasteiger partial charge in [-0.2, -0.15) is 32.1 Å². The summed E-state index contributed by atoms with van der Waals surface area (Å²) in [7, 11) is 0. The summed E-state index contributed by atoms with van der Waals surface area (Å²) < 4.78 is 99.8. The minimum Gasteiger partial charge on any atom is -0.447 e. The van der Waals surface area contributed by atoms with Crippen molar-refractivity contribution in [2.45, 2.75) is 65.4 Å². The summed E-state index contributed by atoms with van der Waals surface area (Å²) in [6.45, 7) is 2.98. The van der Waals surface area contributed by atoms with Crippen LogP contribution in [0.4, 0.5) is 35.5 Å². The fraction of sp³-hybridized carbons (Fsp3) is 0.394. The maximum absolute atomic E-state index is 14.4. The van der Waals surface area contributed by atoms with Crippen molar-refractivity contribution >= 4 is 29.6 Å². The quantitative estimate of drug-likeness (QED) is 0.0754. The van der Waals surface area contributed by atoms with Crippen LogP contribution < -0.4 is 10.6 Å². The third-order valence-electron chi connectivity index (χ3n) is 7.76. The largest absolute Gasteiger partial charge is 0.447 e. The molecule has 2 heterocycles. The molecule has 2 atom stereocenters. The summed E-state index contributed by atoms with van der Waals surface area (Å²) in [6, 6.07) is 5.66. The monoisotopic (exact) mass is 773 g/mol. The van der Waals surface area contributed by atoms with Crippen LogP contribution in [0.1, 0.15) is 74.9 Å². The number of alkyl carbamates (subject to hydrolysis) is 1. The van der Waals surface area contributed by atoms with E-state index in [1.807, 2.05) is 20.8 Å². The number of rotatable bonds is 12. The van der Waals surface area contributed by atoms with Gasteiger partial charge in [0.15, 0.2) is 11.8 Å². The van der Waals surface area contributed by atoms with Gasteiger partial charge < -0.3 is 15.4 Å². The molecule has 12 nitrogen and oxygen atoms in total. The zero-order valence-electron chi connectivity index (χ0n) is 28.6. The van der Waals surface area contributed by atoms with Gasteiger partial charge in [0.25, 0.3) is 12.3 Å². The number of carbonyl (C=O) groups excluding carboxylic acids is 2. The number of guanidine groups is 1. The van der Waals surface area contributed by atoms with Crippen molar-refractivity contribution in [3.63, 3.8) is 0 Å². The van der Waals surface area contributed by atoms with Gasteiger partial charge in [0.1, 0.15) is 19.0 Å². The zero-order valence-corrected chi connectivity index (χ0v) is 29.4. The van der Waals surface area contributed by atoms with Crippen LogP contribution in [0.3, 0.4) is 0 Å². The third kappa shape index (κ3) is 10.5. The highest BCUT2D eigenvalue weighted by Gasteiger charge is 2.38. The molecule has 4 aromatic rings. The molecule has 0 saturated heterocycles. The van der Waals surface area contributed by atoms with E-state index in [1.165, 1.54) is 48.7 Å². The summed E-state index contributed by atoms with van der Waals surface area (Å²) in [5.41, 5.74) is 0.390. The normalized spacial score (nSPS) is 13.2. The molecule has 0 fully saturated rings. The van der Waals surface area contributed by atoms with E-state index in [9.17, 15) is 40.3 Å². The molecule has 0 aliphatic heterocycles. The Morgan fingerprint density at radius 1 is 1.02 bits per heavy atom. The van der Waals surface area contributed by atoms with Crippen LogP contribution in [-0.4, -0.2) is 72.8 Å². The summed E-state index contributed by atoms with van der Waals surface area (Å²) in [6.07, 6.45) is -5.70. The molecule has 0 saturated carbocycles. The van der Waals surface area contributed by atoms with E-state index in [1.54, 1.807) is 5.32 Å². The minimum atomic E-state index is -4.81. The number of nitrogens with one attached hydrogen (secondary N) is 3. The van der Waals surface area contributed by atoms with Gasteiger partial charge in [-0.15, -0.1) is 0 Å². The van der Waals surface area contributed by atoms with Crippen LogP contribution in [0, 0.1) is 10.8 Å². The van der Waals surface area contributed by atoms with Crippen LogP contribution >= 0.6 is 11.6 Å². The second kappa shape index (κ2) is 16.6. The highest BCUT2D eigenvalue weighted by Crippen LogP contribution is 2.32. The molecule has 0 bridgehead atoms. The first kappa shape index (κ1) is 40.6. The number of aromatic nitrogens is 5. The number of nitrogens with zero attached hydrogens (tertiary/aromatic N) is 6. The smallest absolute Gasteiger partial charge is 0.408 e. The summed E-state index contributed by atoms with van der Waals surface area (Å²) >= 11 is 6.37. The average Bonchev–Trinajstić information content (AvgIpc) is 3.77. The molecule has 2 amide bonds. The third-order valence-corrected chi connectivity index (χ3v) is 8.08.